The van der Waals surface area contributed by atoms with Crippen molar-refractivity contribution in [2.75, 3.05) is 12.4 Å². The fraction of sp³-hybridized carbons (Fsp3) is 0.308. The molecule has 1 aromatic heterocycles. The molecule has 108 valence electrons. The summed E-state index contributed by atoms with van der Waals surface area (Å²) >= 11 is 6.09. The van der Waals surface area contributed by atoms with E-state index in [4.69, 9.17) is 21.5 Å². The number of primary sulfonamides is 1. The molecule has 7 heteroatoms. The van der Waals surface area contributed by atoms with E-state index in [1.54, 1.807) is 18.3 Å². The maximum Gasteiger partial charge on any atom is 0.209 e. The Kier molecular flexibility index (Phi) is 4.80. The van der Waals surface area contributed by atoms with Gasteiger partial charge in [-0.3, -0.25) is 4.98 Å². The van der Waals surface area contributed by atoms with E-state index < -0.39 is 10.0 Å². The zero-order valence-corrected chi connectivity index (χ0v) is 12.3. The lowest BCUT2D eigenvalue weighted by atomic mass is 10.2. The molecule has 0 aliphatic rings. The molecule has 0 aliphatic carbocycles. The standard InChI is InChI=1S/C13H15ClN2O3S/c14-11-5-6-12(13-10(11)4-3-7-16-13)19-8-1-2-9-20(15,17)18/h3-7H,1-2,8-9H2,(H2,15,17,18). The lowest BCUT2D eigenvalue weighted by molar-refractivity contribution is 0.312. The molecule has 1 heterocycles. The van der Waals surface area contributed by atoms with Gasteiger partial charge in [-0.2, -0.15) is 0 Å². The zero-order chi connectivity index (χ0) is 14.6. The van der Waals surface area contributed by atoms with Crippen molar-refractivity contribution < 1.29 is 13.2 Å². The zero-order valence-electron chi connectivity index (χ0n) is 10.8. The maximum absolute atomic E-state index is 10.8. The van der Waals surface area contributed by atoms with Crippen LogP contribution in [0.4, 0.5) is 0 Å². The van der Waals surface area contributed by atoms with Crippen LogP contribution in [-0.4, -0.2) is 25.8 Å². The van der Waals surface area contributed by atoms with Crippen LogP contribution in [-0.2, 0) is 10.0 Å². The van der Waals surface area contributed by atoms with E-state index >= 15 is 0 Å². The van der Waals surface area contributed by atoms with Crippen LogP contribution in [0.5, 0.6) is 5.75 Å². The van der Waals surface area contributed by atoms with Crippen LogP contribution in [0, 0.1) is 0 Å². The Bertz CT molecular complexity index is 704. The summed E-state index contributed by atoms with van der Waals surface area (Å²) in [5, 5.41) is 6.38. The van der Waals surface area contributed by atoms with Crippen molar-refractivity contribution in [1.82, 2.24) is 4.98 Å². The second-order valence-electron chi connectivity index (χ2n) is 4.37. The molecule has 0 unspecified atom stereocenters. The Balaban J connectivity index is 1.99. The Hall–Kier alpha value is -1.37. The minimum atomic E-state index is -3.39. The molecule has 1 aromatic carbocycles. The molecule has 0 saturated carbocycles. The smallest absolute Gasteiger partial charge is 0.209 e. The van der Waals surface area contributed by atoms with Crippen LogP contribution < -0.4 is 9.88 Å². The quantitative estimate of drug-likeness (QED) is 0.830. The summed E-state index contributed by atoms with van der Waals surface area (Å²) in [7, 11) is -3.39. The van der Waals surface area contributed by atoms with Crippen molar-refractivity contribution in [3.8, 4) is 5.75 Å². The van der Waals surface area contributed by atoms with Gasteiger partial charge in [0.15, 0.2) is 0 Å². The molecule has 0 bridgehead atoms. The monoisotopic (exact) mass is 314 g/mol. The van der Waals surface area contributed by atoms with Crippen LogP contribution in [0.15, 0.2) is 30.5 Å². The van der Waals surface area contributed by atoms with E-state index in [1.165, 1.54) is 0 Å². The van der Waals surface area contributed by atoms with Gasteiger partial charge in [0.25, 0.3) is 0 Å². The topological polar surface area (TPSA) is 82.3 Å². The van der Waals surface area contributed by atoms with E-state index in [2.05, 4.69) is 4.98 Å². The minimum absolute atomic E-state index is 0.0318. The van der Waals surface area contributed by atoms with Crippen molar-refractivity contribution in [2.24, 2.45) is 5.14 Å². The highest BCUT2D eigenvalue weighted by Gasteiger charge is 2.07. The largest absolute Gasteiger partial charge is 0.491 e. The molecule has 2 N–H and O–H groups in total. The third kappa shape index (κ3) is 4.06. The molecule has 0 radical (unpaired) electrons. The molecule has 20 heavy (non-hydrogen) atoms. The third-order valence-electron chi connectivity index (χ3n) is 2.76. The number of hydrogen-bond donors (Lipinski definition) is 1. The second-order valence-corrected chi connectivity index (χ2v) is 6.51. The average Bonchev–Trinajstić information content (AvgIpc) is 2.40. The van der Waals surface area contributed by atoms with Gasteiger partial charge in [-0.15, -0.1) is 0 Å². The summed E-state index contributed by atoms with van der Waals surface area (Å²) in [6.45, 7) is 0.406. The molecule has 2 rings (SSSR count). The van der Waals surface area contributed by atoms with E-state index in [-0.39, 0.29) is 5.75 Å². The van der Waals surface area contributed by atoms with Crippen LogP contribution in [0.3, 0.4) is 0 Å². The van der Waals surface area contributed by atoms with Crippen molar-refractivity contribution >= 4 is 32.5 Å². The van der Waals surface area contributed by atoms with Crippen LogP contribution in [0.1, 0.15) is 12.8 Å². The predicted octanol–water partition coefficient (Wildman–Crippen LogP) is 2.34. The number of sulfonamides is 1. The maximum atomic E-state index is 10.8. The normalized spacial score (nSPS) is 11.7. The minimum Gasteiger partial charge on any atom is -0.491 e. The van der Waals surface area contributed by atoms with Gasteiger partial charge in [0.1, 0.15) is 11.3 Å². The molecule has 0 amide bonds. The first kappa shape index (κ1) is 15.0. The predicted molar refractivity (Wildman–Crippen MR) is 79.5 cm³/mol. The van der Waals surface area contributed by atoms with E-state index in [9.17, 15) is 8.42 Å². The van der Waals surface area contributed by atoms with Crippen molar-refractivity contribution in [3.05, 3.63) is 35.5 Å². The highest BCUT2D eigenvalue weighted by Crippen LogP contribution is 2.29. The number of hydrogen-bond acceptors (Lipinski definition) is 4. The number of benzene rings is 1. The van der Waals surface area contributed by atoms with E-state index in [0.717, 1.165) is 5.39 Å². The van der Waals surface area contributed by atoms with E-state index in [1.807, 2.05) is 12.1 Å². The van der Waals surface area contributed by atoms with Gasteiger partial charge >= 0.3 is 0 Å². The average molecular weight is 315 g/mol. The number of ether oxygens (including phenoxy) is 1. The van der Waals surface area contributed by atoms with Crippen LogP contribution in [0.2, 0.25) is 5.02 Å². The van der Waals surface area contributed by atoms with Gasteiger partial charge in [-0.1, -0.05) is 11.6 Å². The fourth-order valence-electron chi connectivity index (χ4n) is 1.82. The van der Waals surface area contributed by atoms with Gasteiger partial charge in [-0.05, 0) is 37.1 Å². The summed E-state index contributed by atoms with van der Waals surface area (Å²) in [6, 6.07) is 7.20. The van der Waals surface area contributed by atoms with Crippen molar-refractivity contribution in [2.45, 2.75) is 12.8 Å². The second kappa shape index (κ2) is 6.39. The number of rotatable bonds is 6. The van der Waals surface area contributed by atoms with Gasteiger partial charge in [0.05, 0.1) is 17.4 Å². The van der Waals surface area contributed by atoms with Crippen LogP contribution in [0.25, 0.3) is 10.9 Å². The summed E-state index contributed by atoms with van der Waals surface area (Å²) < 4.78 is 27.2. The number of nitrogens with zero attached hydrogens (tertiary/aromatic N) is 1. The highest BCUT2D eigenvalue weighted by molar-refractivity contribution is 7.89. The molecular weight excluding hydrogens is 300 g/mol. The van der Waals surface area contributed by atoms with Gasteiger partial charge < -0.3 is 4.74 Å². The summed E-state index contributed by atoms with van der Waals surface area (Å²) in [5.74, 6) is 0.608. The van der Waals surface area contributed by atoms with Gasteiger partial charge in [0.2, 0.25) is 10.0 Å². The Morgan fingerprint density at radius 1 is 1.25 bits per heavy atom. The molecule has 0 spiro atoms. The van der Waals surface area contributed by atoms with E-state index in [0.29, 0.717) is 35.7 Å². The molecule has 0 atom stereocenters. The van der Waals surface area contributed by atoms with Crippen molar-refractivity contribution in [3.63, 3.8) is 0 Å². The first-order valence-electron chi connectivity index (χ1n) is 6.14. The number of halogens is 1. The fourth-order valence-corrected chi connectivity index (χ4v) is 2.64. The lowest BCUT2D eigenvalue weighted by Gasteiger charge is -2.09. The summed E-state index contributed by atoms with van der Waals surface area (Å²) in [6.07, 6.45) is 2.75. The number of fused-ring (bicyclic) bond motifs is 1. The highest BCUT2D eigenvalue weighted by atomic mass is 35.5. The third-order valence-corrected chi connectivity index (χ3v) is 3.95. The SMILES string of the molecule is NS(=O)(=O)CCCCOc1ccc(Cl)c2cccnc12. The molecule has 0 fully saturated rings. The summed E-state index contributed by atoms with van der Waals surface area (Å²) in [4.78, 5) is 4.25. The number of pyridine rings is 1. The number of nitrogens with two attached hydrogens (primary N) is 1. The molecule has 0 aliphatic heterocycles. The number of unbranched alkanes of at least 4 members (excludes halogenated alkanes) is 1. The first-order valence-corrected chi connectivity index (χ1v) is 8.23. The molecular formula is C13H15ClN2O3S. The molecule has 2 aromatic rings. The Labute approximate surface area is 122 Å². The van der Waals surface area contributed by atoms with Crippen LogP contribution >= 0.6 is 11.6 Å². The molecule has 5 nitrogen and oxygen atoms in total. The Morgan fingerprint density at radius 3 is 2.80 bits per heavy atom. The van der Waals surface area contributed by atoms with Gasteiger partial charge in [0, 0.05) is 11.6 Å². The van der Waals surface area contributed by atoms with Crippen molar-refractivity contribution in [1.29, 1.82) is 0 Å². The molecule has 0 saturated heterocycles. The van der Waals surface area contributed by atoms with Gasteiger partial charge in [-0.25, -0.2) is 13.6 Å². The Morgan fingerprint density at radius 2 is 2.05 bits per heavy atom. The number of aromatic nitrogens is 1. The summed E-state index contributed by atoms with van der Waals surface area (Å²) in [5.41, 5.74) is 0.700. The first-order chi connectivity index (χ1) is 9.47. The lowest BCUT2D eigenvalue weighted by Crippen LogP contribution is -2.16.